The van der Waals surface area contributed by atoms with Crippen LogP contribution in [0.1, 0.15) is 22.9 Å². The van der Waals surface area contributed by atoms with Gasteiger partial charge in [0.15, 0.2) is 0 Å². The number of aromatic hydroxyl groups is 1. The molecule has 28 heavy (non-hydrogen) atoms. The van der Waals surface area contributed by atoms with Crippen LogP contribution in [0.4, 0.5) is 5.82 Å². The second-order valence-electron chi connectivity index (χ2n) is 6.59. The number of phenolic OH excluding ortho intramolecular Hbond substituents is 1. The minimum atomic E-state index is -0.252. The van der Waals surface area contributed by atoms with Gasteiger partial charge in [-0.1, -0.05) is 36.4 Å². The molecule has 2 aromatic carbocycles. The van der Waals surface area contributed by atoms with Gasteiger partial charge in [0, 0.05) is 27.7 Å². The molecule has 0 aliphatic carbocycles. The van der Waals surface area contributed by atoms with Crippen molar-refractivity contribution in [2.45, 2.75) is 17.9 Å². The van der Waals surface area contributed by atoms with E-state index in [2.05, 4.69) is 45.8 Å². The lowest BCUT2D eigenvalue weighted by molar-refractivity contribution is 0.471. The fourth-order valence-electron chi connectivity index (χ4n) is 3.25. The van der Waals surface area contributed by atoms with E-state index in [4.69, 9.17) is 0 Å². The number of aromatic nitrogens is 2. The molecule has 5 heteroatoms. The molecule has 0 radical (unpaired) electrons. The second-order valence-corrected chi connectivity index (χ2v) is 7.47. The average molecular weight is 388 g/mol. The first kappa shape index (κ1) is 18.3. The standard InChI is InChI=1S/C23H21N3OS/c1-15-6-7-17-10-13-19(23(27)22(17)25-15)21(26-20-5-3-4-14-24-20)16-8-11-18(28-2)12-9-16/h3-14,21,27H,1-2H3,(H,24,26)/t21-/m0/s1. The third kappa shape index (κ3) is 3.66. The van der Waals surface area contributed by atoms with Gasteiger partial charge in [-0.15, -0.1) is 11.8 Å². The van der Waals surface area contributed by atoms with Crippen LogP contribution in [0.3, 0.4) is 0 Å². The molecule has 0 saturated heterocycles. The van der Waals surface area contributed by atoms with Crippen molar-refractivity contribution in [1.29, 1.82) is 0 Å². The third-order valence-electron chi connectivity index (χ3n) is 4.72. The molecule has 2 aromatic heterocycles. The molecule has 0 unspecified atom stereocenters. The third-order valence-corrected chi connectivity index (χ3v) is 5.47. The van der Waals surface area contributed by atoms with Gasteiger partial charge in [0.25, 0.3) is 0 Å². The molecule has 4 nitrogen and oxygen atoms in total. The number of hydrogen-bond donors (Lipinski definition) is 2. The highest BCUT2D eigenvalue weighted by Gasteiger charge is 2.20. The Kier molecular flexibility index (Phi) is 5.17. The van der Waals surface area contributed by atoms with Crippen LogP contribution in [-0.2, 0) is 0 Å². The molecule has 140 valence electrons. The van der Waals surface area contributed by atoms with Crippen LogP contribution < -0.4 is 5.32 Å². The number of aryl methyl sites for hydroxylation is 1. The Hall–Kier alpha value is -3.05. The number of pyridine rings is 2. The monoisotopic (exact) mass is 387 g/mol. The zero-order chi connectivity index (χ0) is 19.5. The summed E-state index contributed by atoms with van der Waals surface area (Å²) in [5, 5.41) is 15.4. The van der Waals surface area contributed by atoms with Gasteiger partial charge in [-0.05, 0) is 49.1 Å². The van der Waals surface area contributed by atoms with E-state index in [1.165, 1.54) is 4.90 Å². The first-order valence-corrected chi connectivity index (χ1v) is 10.3. The van der Waals surface area contributed by atoms with Crippen molar-refractivity contribution >= 4 is 28.5 Å². The topological polar surface area (TPSA) is 58.0 Å². The number of benzene rings is 2. The summed E-state index contributed by atoms with van der Waals surface area (Å²) >= 11 is 1.70. The summed E-state index contributed by atoms with van der Waals surface area (Å²) in [4.78, 5) is 10.1. The molecule has 0 spiro atoms. The predicted molar refractivity (Wildman–Crippen MR) is 116 cm³/mol. The lowest BCUT2D eigenvalue weighted by atomic mass is 9.96. The van der Waals surface area contributed by atoms with Gasteiger partial charge in [0.2, 0.25) is 0 Å². The summed E-state index contributed by atoms with van der Waals surface area (Å²) in [5.41, 5.74) is 3.31. The van der Waals surface area contributed by atoms with E-state index in [1.807, 2.05) is 49.4 Å². The van der Waals surface area contributed by atoms with Gasteiger partial charge >= 0.3 is 0 Å². The van der Waals surface area contributed by atoms with Crippen LogP contribution in [0.5, 0.6) is 5.75 Å². The number of nitrogens with one attached hydrogen (secondary N) is 1. The number of rotatable bonds is 5. The largest absolute Gasteiger partial charge is 0.505 e. The lowest BCUT2D eigenvalue weighted by Crippen LogP contribution is -2.13. The van der Waals surface area contributed by atoms with Gasteiger partial charge in [-0.2, -0.15) is 0 Å². The highest BCUT2D eigenvalue weighted by molar-refractivity contribution is 7.98. The van der Waals surface area contributed by atoms with Crippen LogP contribution >= 0.6 is 11.8 Å². The molecule has 0 saturated carbocycles. The number of hydrogen-bond acceptors (Lipinski definition) is 5. The van der Waals surface area contributed by atoms with E-state index < -0.39 is 0 Å². The van der Waals surface area contributed by atoms with Gasteiger partial charge in [-0.3, -0.25) is 0 Å². The molecule has 0 amide bonds. The zero-order valence-corrected chi connectivity index (χ0v) is 16.6. The van der Waals surface area contributed by atoms with Crippen LogP contribution in [0.15, 0.2) is 77.8 Å². The summed E-state index contributed by atoms with van der Waals surface area (Å²) in [6.45, 7) is 1.93. The molecule has 2 N–H and O–H groups in total. The fraction of sp³-hybridized carbons (Fsp3) is 0.130. The van der Waals surface area contributed by atoms with Crippen molar-refractivity contribution in [3.05, 3.63) is 89.7 Å². The van der Waals surface area contributed by atoms with Crippen molar-refractivity contribution in [2.24, 2.45) is 0 Å². The van der Waals surface area contributed by atoms with E-state index in [0.29, 0.717) is 5.52 Å². The maximum absolute atomic E-state index is 11.1. The summed E-state index contributed by atoms with van der Waals surface area (Å²) < 4.78 is 0. The number of nitrogens with zero attached hydrogens (tertiary/aromatic N) is 2. The first-order chi connectivity index (χ1) is 13.7. The Balaban J connectivity index is 1.84. The van der Waals surface area contributed by atoms with Crippen molar-refractivity contribution < 1.29 is 5.11 Å². The summed E-state index contributed by atoms with van der Waals surface area (Å²) in [7, 11) is 0. The zero-order valence-electron chi connectivity index (χ0n) is 15.8. The molecule has 0 aliphatic heterocycles. The Morgan fingerprint density at radius 1 is 0.964 bits per heavy atom. The van der Waals surface area contributed by atoms with Gasteiger partial charge in [0.05, 0.1) is 6.04 Å². The molecule has 2 heterocycles. The van der Waals surface area contributed by atoms with E-state index in [-0.39, 0.29) is 11.8 Å². The Labute approximate surface area is 168 Å². The Bertz CT molecular complexity index is 1100. The Morgan fingerprint density at radius 2 is 1.75 bits per heavy atom. The highest BCUT2D eigenvalue weighted by Crippen LogP contribution is 2.36. The van der Waals surface area contributed by atoms with Gasteiger partial charge < -0.3 is 10.4 Å². The first-order valence-electron chi connectivity index (χ1n) is 9.06. The van der Waals surface area contributed by atoms with E-state index in [1.54, 1.807) is 18.0 Å². The summed E-state index contributed by atoms with van der Waals surface area (Å²) in [6.07, 6.45) is 3.81. The minimum Gasteiger partial charge on any atom is -0.505 e. The maximum atomic E-state index is 11.1. The van der Waals surface area contributed by atoms with E-state index >= 15 is 0 Å². The quantitative estimate of drug-likeness (QED) is 0.439. The molecule has 0 fully saturated rings. The summed E-state index contributed by atoms with van der Waals surface area (Å²) in [5.74, 6) is 0.946. The van der Waals surface area contributed by atoms with Crippen molar-refractivity contribution in [3.8, 4) is 5.75 Å². The molecular formula is C23H21N3OS. The molecule has 4 rings (SSSR count). The molecule has 1 atom stereocenters. The van der Waals surface area contributed by atoms with Crippen LogP contribution in [0, 0.1) is 6.92 Å². The smallest absolute Gasteiger partial charge is 0.147 e. The van der Waals surface area contributed by atoms with Crippen molar-refractivity contribution in [3.63, 3.8) is 0 Å². The molecule has 0 bridgehead atoms. The maximum Gasteiger partial charge on any atom is 0.147 e. The van der Waals surface area contributed by atoms with E-state index in [9.17, 15) is 5.11 Å². The average Bonchev–Trinajstić information content (AvgIpc) is 2.74. The highest BCUT2D eigenvalue weighted by atomic mass is 32.2. The Morgan fingerprint density at radius 3 is 2.46 bits per heavy atom. The SMILES string of the molecule is CSc1ccc([C@H](Nc2ccccn2)c2ccc3ccc(C)nc3c2O)cc1. The number of phenols is 1. The number of anilines is 1. The van der Waals surface area contributed by atoms with Crippen molar-refractivity contribution in [1.82, 2.24) is 9.97 Å². The normalized spacial score (nSPS) is 12.1. The number of fused-ring (bicyclic) bond motifs is 1. The second kappa shape index (κ2) is 7.90. The van der Waals surface area contributed by atoms with Crippen LogP contribution in [0.25, 0.3) is 10.9 Å². The molecular weight excluding hydrogens is 366 g/mol. The lowest BCUT2D eigenvalue weighted by Gasteiger charge is -2.22. The number of thioether (sulfide) groups is 1. The predicted octanol–water partition coefficient (Wildman–Crippen LogP) is 5.57. The molecule has 4 aromatic rings. The van der Waals surface area contributed by atoms with E-state index in [0.717, 1.165) is 28.0 Å². The van der Waals surface area contributed by atoms with Crippen molar-refractivity contribution in [2.75, 3.05) is 11.6 Å². The molecule has 0 aliphatic rings. The minimum absolute atomic E-state index is 0.198. The summed E-state index contributed by atoms with van der Waals surface area (Å²) in [6, 6.07) is 21.7. The van der Waals surface area contributed by atoms with Gasteiger partial charge in [0.1, 0.15) is 17.1 Å². The fourth-order valence-corrected chi connectivity index (χ4v) is 3.66. The van der Waals surface area contributed by atoms with Gasteiger partial charge in [-0.25, -0.2) is 9.97 Å². The van der Waals surface area contributed by atoms with Crippen LogP contribution in [0.2, 0.25) is 0 Å². The van der Waals surface area contributed by atoms with Crippen LogP contribution in [-0.4, -0.2) is 21.3 Å².